The maximum atomic E-state index is 12.2. The Balaban J connectivity index is 1.87. The van der Waals surface area contributed by atoms with E-state index in [0.29, 0.717) is 6.42 Å². The van der Waals surface area contributed by atoms with Gasteiger partial charge in [-0.05, 0) is 24.8 Å². The van der Waals surface area contributed by atoms with Gasteiger partial charge in [0.05, 0.1) is 12.6 Å². The molecule has 1 aromatic rings. The molecule has 0 spiro atoms. The lowest BCUT2D eigenvalue weighted by molar-refractivity contribution is 0.183. The van der Waals surface area contributed by atoms with Crippen molar-refractivity contribution in [3.63, 3.8) is 0 Å². The number of nitrogens with zero attached hydrogens (tertiary/aromatic N) is 1. The lowest BCUT2D eigenvalue weighted by Gasteiger charge is -2.24. The molecule has 20 heavy (non-hydrogen) atoms. The Hall–Kier alpha value is -1.55. The fourth-order valence-corrected chi connectivity index (χ4v) is 2.60. The minimum Gasteiger partial charge on any atom is -0.394 e. The van der Waals surface area contributed by atoms with Crippen LogP contribution < -0.4 is 5.32 Å². The molecule has 2 N–H and O–H groups in total. The van der Waals surface area contributed by atoms with Gasteiger partial charge in [-0.25, -0.2) is 4.79 Å². The molecule has 1 fully saturated rings. The summed E-state index contributed by atoms with van der Waals surface area (Å²) in [6, 6.07) is 9.69. The highest BCUT2D eigenvalue weighted by Gasteiger charge is 2.18. The largest absolute Gasteiger partial charge is 0.394 e. The SMILES string of the molecule is O=C(N[C@H](CO)Cc1ccccc1)N1CCCCCC1. The average Bonchev–Trinajstić information content (AvgIpc) is 2.76. The zero-order chi connectivity index (χ0) is 14.2. The minimum absolute atomic E-state index is 0.0333. The summed E-state index contributed by atoms with van der Waals surface area (Å²) in [6.07, 6.45) is 5.23. The van der Waals surface area contributed by atoms with Gasteiger partial charge in [-0.3, -0.25) is 0 Å². The second-order valence-corrected chi connectivity index (χ2v) is 5.42. The van der Waals surface area contributed by atoms with Crippen molar-refractivity contribution in [3.05, 3.63) is 35.9 Å². The Morgan fingerprint density at radius 1 is 1.15 bits per heavy atom. The lowest BCUT2D eigenvalue weighted by Crippen LogP contribution is -2.47. The van der Waals surface area contributed by atoms with Crippen LogP contribution in [0.4, 0.5) is 4.79 Å². The van der Waals surface area contributed by atoms with Gasteiger partial charge in [0.15, 0.2) is 0 Å². The Bertz CT molecular complexity index is 400. The number of carbonyl (C=O) groups excluding carboxylic acids is 1. The summed E-state index contributed by atoms with van der Waals surface area (Å²) in [4.78, 5) is 14.1. The molecule has 1 atom stereocenters. The molecular formula is C16H24N2O2. The summed E-state index contributed by atoms with van der Waals surface area (Å²) >= 11 is 0. The van der Waals surface area contributed by atoms with Crippen LogP contribution in [0.1, 0.15) is 31.2 Å². The molecule has 4 nitrogen and oxygen atoms in total. The van der Waals surface area contributed by atoms with Crippen molar-refractivity contribution in [1.29, 1.82) is 0 Å². The van der Waals surface area contributed by atoms with Gasteiger partial charge in [0, 0.05) is 13.1 Å². The molecular weight excluding hydrogens is 252 g/mol. The van der Waals surface area contributed by atoms with Crippen LogP contribution in [0.25, 0.3) is 0 Å². The molecule has 0 radical (unpaired) electrons. The fraction of sp³-hybridized carbons (Fsp3) is 0.562. The molecule has 2 rings (SSSR count). The standard InChI is InChI=1S/C16H24N2O2/c19-13-15(12-14-8-4-3-5-9-14)17-16(20)18-10-6-1-2-7-11-18/h3-5,8-9,15,19H,1-2,6-7,10-13H2,(H,17,20)/t15-/m0/s1. The molecule has 1 aromatic carbocycles. The van der Waals surface area contributed by atoms with E-state index >= 15 is 0 Å². The van der Waals surface area contributed by atoms with Crippen molar-refractivity contribution >= 4 is 6.03 Å². The van der Waals surface area contributed by atoms with Crippen molar-refractivity contribution in [2.45, 2.75) is 38.1 Å². The normalized spacial score (nSPS) is 17.4. The third-order valence-electron chi connectivity index (χ3n) is 3.77. The van der Waals surface area contributed by atoms with Gasteiger partial charge in [-0.2, -0.15) is 0 Å². The quantitative estimate of drug-likeness (QED) is 0.885. The van der Waals surface area contributed by atoms with E-state index in [9.17, 15) is 9.90 Å². The van der Waals surface area contributed by atoms with Gasteiger partial charge in [-0.1, -0.05) is 43.2 Å². The third-order valence-corrected chi connectivity index (χ3v) is 3.77. The molecule has 0 saturated carbocycles. The monoisotopic (exact) mass is 276 g/mol. The van der Waals surface area contributed by atoms with Gasteiger partial charge < -0.3 is 15.3 Å². The third kappa shape index (κ3) is 4.53. The van der Waals surface area contributed by atoms with E-state index < -0.39 is 0 Å². The second kappa shape index (κ2) is 7.90. The number of likely N-dealkylation sites (tertiary alicyclic amines) is 1. The second-order valence-electron chi connectivity index (χ2n) is 5.42. The zero-order valence-corrected chi connectivity index (χ0v) is 11.9. The first-order valence-electron chi connectivity index (χ1n) is 7.50. The van der Waals surface area contributed by atoms with Crippen molar-refractivity contribution in [1.82, 2.24) is 10.2 Å². The highest BCUT2D eigenvalue weighted by molar-refractivity contribution is 5.74. The number of aliphatic hydroxyl groups is 1. The first-order chi connectivity index (χ1) is 9.79. The van der Waals surface area contributed by atoms with Gasteiger partial charge in [0.25, 0.3) is 0 Å². The van der Waals surface area contributed by atoms with Gasteiger partial charge in [0.1, 0.15) is 0 Å². The molecule has 4 heteroatoms. The van der Waals surface area contributed by atoms with Gasteiger partial charge >= 0.3 is 6.03 Å². The number of urea groups is 1. The Labute approximate surface area is 120 Å². The Morgan fingerprint density at radius 2 is 1.80 bits per heavy atom. The highest BCUT2D eigenvalue weighted by Crippen LogP contribution is 2.10. The first kappa shape index (κ1) is 14.9. The molecule has 0 unspecified atom stereocenters. The summed E-state index contributed by atoms with van der Waals surface area (Å²) in [6.45, 7) is 1.62. The smallest absolute Gasteiger partial charge is 0.317 e. The molecule has 110 valence electrons. The van der Waals surface area contributed by atoms with E-state index in [4.69, 9.17) is 0 Å². The van der Waals surface area contributed by atoms with Crippen LogP contribution in [-0.4, -0.2) is 41.8 Å². The summed E-state index contributed by atoms with van der Waals surface area (Å²) in [5.41, 5.74) is 1.13. The molecule has 2 amide bonds. The summed E-state index contributed by atoms with van der Waals surface area (Å²) in [7, 11) is 0. The topological polar surface area (TPSA) is 52.6 Å². The summed E-state index contributed by atoms with van der Waals surface area (Å²) in [5, 5.41) is 12.4. The summed E-state index contributed by atoms with van der Waals surface area (Å²) in [5.74, 6) is 0. The van der Waals surface area contributed by atoms with Crippen molar-refractivity contribution in [2.24, 2.45) is 0 Å². The maximum absolute atomic E-state index is 12.2. The van der Waals surface area contributed by atoms with Crippen LogP contribution in [0.3, 0.4) is 0 Å². The number of hydrogen-bond donors (Lipinski definition) is 2. The van der Waals surface area contributed by atoms with Crippen molar-refractivity contribution < 1.29 is 9.90 Å². The fourth-order valence-electron chi connectivity index (χ4n) is 2.60. The van der Waals surface area contributed by atoms with Crippen LogP contribution >= 0.6 is 0 Å². The lowest BCUT2D eigenvalue weighted by atomic mass is 10.1. The molecule has 1 saturated heterocycles. The van der Waals surface area contributed by atoms with Gasteiger partial charge in [0.2, 0.25) is 0 Å². The summed E-state index contributed by atoms with van der Waals surface area (Å²) < 4.78 is 0. The van der Waals surface area contributed by atoms with Crippen molar-refractivity contribution in [2.75, 3.05) is 19.7 Å². The van der Waals surface area contributed by atoms with Gasteiger partial charge in [-0.15, -0.1) is 0 Å². The highest BCUT2D eigenvalue weighted by atomic mass is 16.3. The average molecular weight is 276 g/mol. The molecule has 0 aliphatic carbocycles. The molecule has 1 heterocycles. The van der Waals surface area contributed by atoms with Crippen LogP contribution in [-0.2, 0) is 6.42 Å². The molecule has 0 aromatic heterocycles. The van der Waals surface area contributed by atoms with Crippen LogP contribution in [0.15, 0.2) is 30.3 Å². The first-order valence-corrected chi connectivity index (χ1v) is 7.50. The van der Waals surface area contributed by atoms with E-state index in [2.05, 4.69) is 5.32 Å². The predicted molar refractivity (Wildman–Crippen MR) is 79.6 cm³/mol. The van der Waals surface area contributed by atoms with E-state index in [0.717, 1.165) is 31.5 Å². The van der Waals surface area contributed by atoms with E-state index in [1.54, 1.807) is 0 Å². The van der Waals surface area contributed by atoms with Crippen molar-refractivity contribution in [3.8, 4) is 0 Å². The van der Waals surface area contributed by atoms with Crippen LogP contribution in [0.5, 0.6) is 0 Å². The minimum atomic E-state index is -0.215. The van der Waals surface area contributed by atoms with E-state index in [1.165, 1.54) is 12.8 Å². The zero-order valence-electron chi connectivity index (χ0n) is 11.9. The van der Waals surface area contributed by atoms with Crippen LogP contribution in [0.2, 0.25) is 0 Å². The van der Waals surface area contributed by atoms with E-state index in [1.807, 2.05) is 35.2 Å². The predicted octanol–water partition coefficient (Wildman–Crippen LogP) is 2.18. The number of benzene rings is 1. The van der Waals surface area contributed by atoms with E-state index in [-0.39, 0.29) is 18.7 Å². The number of nitrogens with one attached hydrogen (secondary N) is 1. The molecule has 1 aliphatic heterocycles. The number of rotatable bonds is 4. The van der Waals surface area contributed by atoms with Crippen LogP contribution in [0, 0.1) is 0 Å². The molecule has 0 bridgehead atoms. The maximum Gasteiger partial charge on any atom is 0.317 e. The Kier molecular flexibility index (Phi) is 5.87. The number of carbonyl (C=O) groups is 1. The number of amides is 2. The number of hydrogen-bond acceptors (Lipinski definition) is 2. The Morgan fingerprint density at radius 3 is 2.40 bits per heavy atom. The molecule has 1 aliphatic rings. The number of aliphatic hydroxyl groups excluding tert-OH is 1.